The van der Waals surface area contributed by atoms with Crippen LogP contribution in [-0.2, 0) is 19.2 Å². The number of hydrogen-bond acceptors (Lipinski definition) is 7. The molecule has 1 aliphatic heterocycles. The summed E-state index contributed by atoms with van der Waals surface area (Å²) in [6.07, 6.45) is 3.78. The van der Waals surface area contributed by atoms with Crippen LogP contribution in [0.4, 0.5) is 4.79 Å². The molecule has 3 fully saturated rings. The van der Waals surface area contributed by atoms with E-state index in [9.17, 15) is 28.8 Å². The normalized spacial score (nSPS) is 24.3. The Bertz CT molecular complexity index is 1320. The molecule has 1 saturated heterocycles. The average Bonchev–Trinajstić information content (AvgIpc) is 3.24. The lowest BCUT2D eigenvalue weighted by Crippen LogP contribution is -2.62. The summed E-state index contributed by atoms with van der Waals surface area (Å²) in [5, 5.41) is 8.30. The fourth-order valence-electron chi connectivity index (χ4n) is 6.71. The third-order valence-corrected chi connectivity index (χ3v) is 9.75. The fourth-order valence-corrected chi connectivity index (χ4v) is 6.71. The second-order valence-electron chi connectivity index (χ2n) is 14.5. The molecule has 2 heterocycles. The topological polar surface area (TPSA) is 181 Å². The molecule has 1 aromatic heterocycles. The molecule has 3 aliphatic rings. The quantitative estimate of drug-likeness (QED) is 0.218. The van der Waals surface area contributed by atoms with E-state index >= 15 is 0 Å². The number of hydrogen-bond donors (Lipinski definition) is 4. The molecule has 2 aliphatic carbocycles. The lowest BCUT2D eigenvalue weighted by molar-refractivity contribution is -0.145. The number of ketones is 2. The number of amides is 5. The van der Waals surface area contributed by atoms with Gasteiger partial charge < -0.3 is 26.6 Å². The lowest BCUT2D eigenvalue weighted by atomic mass is 9.78. The van der Waals surface area contributed by atoms with Crippen molar-refractivity contribution in [3.63, 3.8) is 0 Å². The molecular weight excluding hydrogens is 564 g/mol. The van der Waals surface area contributed by atoms with E-state index in [2.05, 4.69) is 20.9 Å². The first-order chi connectivity index (χ1) is 20.5. The van der Waals surface area contributed by atoms with Crippen LogP contribution in [0.5, 0.6) is 0 Å². The van der Waals surface area contributed by atoms with Gasteiger partial charge in [0.25, 0.3) is 5.91 Å². The Kier molecular flexibility index (Phi) is 9.23. The predicted molar refractivity (Wildman–Crippen MR) is 162 cm³/mol. The summed E-state index contributed by atoms with van der Waals surface area (Å²) in [5.74, 6) is -3.74. The number of carbonyl (C=O) groups is 6. The van der Waals surface area contributed by atoms with Gasteiger partial charge in [0, 0.05) is 12.7 Å². The van der Waals surface area contributed by atoms with Crippen molar-refractivity contribution in [2.45, 2.75) is 91.9 Å². The summed E-state index contributed by atoms with van der Waals surface area (Å²) >= 11 is 0. The summed E-state index contributed by atoms with van der Waals surface area (Å²) in [7, 11) is 0. The highest BCUT2D eigenvalue weighted by atomic mass is 16.2. The Labute approximate surface area is 258 Å². The number of nitrogens with zero attached hydrogens (tertiary/aromatic N) is 2. The maximum absolute atomic E-state index is 14.2. The minimum atomic E-state index is -1.10. The zero-order valence-electron chi connectivity index (χ0n) is 26.7. The molecule has 0 radical (unpaired) electrons. The number of aromatic nitrogens is 1. The SMILES string of the molecule is CC(C)[C@H](NC(=O)N[C@H](C(=O)N1C[C@H]2[C@@H]([C@H]1C(=O)NC(C(=O)C(N)=O)C1CCC1)C2(C)C)C(C)(C)C)C(=O)c1ccccn1. The van der Waals surface area contributed by atoms with E-state index < -0.39 is 59.1 Å². The zero-order valence-corrected chi connectivity index (χ0v) is 26.7. The minimum Gasteiger partial charge on any atom is -0.363 e. The van der Waals surface area contributed by atoms with Crippen molar-refractivity contribution in [1.29, 1.82) is 0 Å². The Morgan fingerprint density at radius 2 is 1.68 bits per heavy atom. The third kappa shape index (κ3) is 6.49. The summed E-state index contributed by atoms with van der Waals surface area (Å²) in [4.78, 5) is 84.5. The largest absolute Gasteiger partial charge is 0.363 e. The number of nitrogens with two attached hydrogens (primary N) is 1. The van der Waals surface area contributed by atoms with E-state index in [0.717, 1.165) is 6.42 Å². The number of likely N-dealkylation sites (tertiary alicyclic amines) is 1. The van der Waals surface area contributed by atoms with Crippen LogP contribution in [0.25, 0.3) is 0 Å². The second kappa shape index (κ2) is 12.3. The first-order valence-corrected chi connectivity index (χ1v) is 15.4. The molecule has 5 amide bonds. The van der Waals surface area contributed by atoms with Gasteiger partial charge in [0.2, 0.25) is 23.4 Å². The molecule has 1 aromatic rings. The van der Waals surface area contributed by atoms with E-state index in [-0.39, 0.29) is 40.6 Å². The number of pyridine rings is 1. The van der Waals surface area contributed by atoms with Gasteiger partial charge in [-0.3, -0.25) is 29.0 Å². The fraction of sp³-hybridized carbons (Fsp3) is 0.656. The van der Waals surface area contributed by atoms with Crippen LogP contribution in [-0.4, -0.2) is 75.9 Å². The second-order valence-corrected chi connectivity index (χ2v) is 14.5. The zero-order chi connectivity index (χ0) is 32.7. The van der Waals surface area contributed by atoms with Crippen molar-refractivity contribution in [2.75, 3.05) is 6.54 Å². The van der Waals surface area contributed by atoms with Gasteiger partial charge in [0.05, 0.1) is 6.04 Å². The number of fused-ring (bicyclic) bond motifs is 1. The van der Waals surface area contributed by atoms with Crippen molar-refractivity contribution < 1.29 is 28.8 Å². The molecule has 0 aromatic carbocycles. The van der Waals surface area contributed by atoms with Gasteiger partial charge >= 0.3 is 6.03 Å². The van der Waals surface area contributed by atoms with Crippen molar-refractivity contribution in [3.05, 3.63) is 30.1 Å². The summed E-state index contributed by atoms with van der Waals surface area (Å²) in [5.41, 5.74) is 4.57. The number of urea groups is 1. The van der Waals surface area contributed by atoms with Gasteiger partial charge in [-0.25, -0.2) is 4.79 Å². The molecule has 5 N–H and O–H groups in total. The summed E-state index contributed by atoms with van der Waals surface area (Å²) in [6, 6.07) is 0.449. The van der Waals surface area contributed by atoms with E-state index in [1.807, 2.05) is 34.6 Å². The highest BCUT2D eigenvalue weighted by molar-refractivity contribution is 6.38. The molecule has 0 bridgehead atoms. The molecule has 2 saturated carbocycles. The van der Waals surface area contributed by atoms with E-state index in [1.54, 1.807) is 32.0 Å². The van der Waals surface area contributed by atoms with Crippen LogP contribution in [0.1, 0.15) is 78.2 Å². The lowest BCUT2D eigenvalue weighted by Gasteiger charge is -2.39. The molecule has 12 nitrogen and oxygen atoms in total. The van der Waals surface area contributed by atoms with Gasteiger partial charge in [0.1, 0.15) is 23.8 Å². The maximum atomic E-state index is 14.2. The van der Waals surface area contributed by atoms with Crippen LogP contribution < -0.4 is 21.7 Å². The molecule has 44 heavy (non-hydrogen) atoms. The third-order valence-electron chi connectivity index (χ3n) is 9.75. The summed E-state index contributed by atoms with van der Waals surface area (Å²) < 4.78 is 0. The van der Waals surface area contributed by atoms with Crippen LogP contribution >= 0.6 is 0 Å². The number of rotatable bonds is 11. The number of carbonyl (C=O) groups excluding carboxylic acids is 6. The van der Waals surface area contributed by atoms with Crippen LogP contribution in [0, 0.1) is 34.5 Å². The first kappa shape index (κ1) is 33.1. The smallest absolute Gasteiger partial charge is 0.316 e. The summed E-state index contributed by atoms with van der Waals surface area (Å²) in [6.45, 7) is 13.4. The van der Waals surface area contributed by atoms with E-state index in [1.165, 1.54) is 11.1 Å². The number of nitrogens with one attached hydrogen (secondary N) is 3. The van der Waals surface area contributed by atoms with Gasteiger partial charge in [-0.05, 0) is 59.5 Å². The molecule has 6 atom stereocenters. The molecule has 0 spiro atoms. The number of piperidine rings is 1. The maximum Gasteiger partial charge on any atom is 0.316 e. The Morgan fingerprint density at radius 3 is 2.18 bits per heavy atom. The van der Waals surface area contributed by atoms with Crippen LogP contribution in [0.15, 0.2) is 24.4 Å². The Balaban J connectivity index is 1.54. The van der Waals surface area contributed by atoms with E-state index in [0.29, 0.717) is 19.4 Å². The first-order valence-electron chi connectivity index (χ1n) is 15.4. The molecule has 4 rings (SSSR count). The molecular formula is C32H46N6O6. The highest BCUT2D eigenvalue weighted by Gasteiger charge is 2.70. The van der Waals surface area contributed by atoms with Crippen molar-refractivity contribution in [3.8, 4) is 0 Å². The van der Waals surface area contributed by atoms with Crippen molar-refractivity contribution in [1.82, 2.24) is 25.8 Å². The number of Topliss-reactive ketones (excluding diaryl/α,β-unsaturated/α-hetero) is 2. The van der Waals surface area contributed by atoms with Gasteiger partial charge in [-0.2, -0.15) is 0 Å². The van der Waals surface area contributed by atoms with Crippen molar-refractivity contribution in [2.24, 2.45) is 40.2 Å². The number of primary amides is 1. The van der Waals surface area contributed by atoms with Crippen LogP contribution in [0.2, 0.25) is 0 Å². The Morgan fingerprint density at radius 1 is 1.02 bits per heavy atom. The van der Waals surface area contributed by atoms with E-state index in [4.69, 9.17) is 5.73 Å². The van der Waals surface area contributed by atoms with Gasteiger partial charge in [0.15, 0.2) is 0 Å². The minimum absolute atomic E-state index is 0.0620. The molecule has 1 unspecified atom stereocenters. The van der Waals surface area contributed by atoms with Gasteiger partial charge in [-0.1, -0.05) is 61.0 Å². The van der Waals surface area contributed by atoms with Crippen molar-refractivity contribution >= 4 is 35.3 Å². The van der Waals surface area contributed by atoms with Crippen LogP contribution in [0.3, 0.4) is 0 Å². The monoisotopic (exact) mass is 610 g/mol. The van der Waals surface area contributed by atoms with Gasteiger partial charge in [-0.15, -0.1) is 0 Å². The highest BCUT2D eigenvalue weighted by Crippen LogP contribution is 2.65. The average molecular weight is 611 g/mol. The Hall–Kier alpha value is -3.83. The standard InChI is InChI=1S/C32H46N6O6/c1-16(2)21(24(39)19-13-8-9-14-34-19)36-30(44)37-26(31(3,4)5)29(43)38-15-18-20(32(18,6)7)23(38)28(42)35-22(17-11-10-12-17)25(40)27(33)41/h8-9,13-14,16-18,20-23,26H,10-12,15H2,1-7H3,(H2,33,41)(H,35,42)(H2,36,37,44)/t18-,20-,21-,22?,23-,26+/m0/s1. The molecule has 240 valence electrons. The predicted octanol–water partition coefficient (Wildman–Crippen LogP) is 1.83. The molecule has 12 heteroatoms.